The van der Waals surface area contributed by atoms with Crippen LogP contribution in [-0.4, -0.2) is 11.7 Å². The second-order valence-corrected chi connectivity index (χ2v) is 4.11. The smallest absolute Gasteiger partial charge is 0.123 e. The van der Waals surface area contributed by atoms with E-state index in [0.717, 1.165) is 24.1 Å². The van der Waals surface area contributed by atoms with Gasteiger partial charge in [0.15, 0.2) is 0 Å². The molecule has 1 aliphatic heterocycles. The van der Waals surface area contributed by atoms with E-state index in [9.17, 15) is 5.11 Å². The average molecular weight is 191 g/mol. The first-order chi connectivity index (χ1) is 6.70. The molecule has 1 fully saturated rings. The Labute approximate surface area is 85.0 Å². The molecule has 1 saturated heterocycles. The lowest BCUT2D eigenvalue weighted by Crippen LogP contribution is -2.14. The Kier molecular flexibility index (Phi) is 2.46. The first-order valence-electron chi connectivity index (χ1n) is 5.22. The van der Waals surface area contributed by atoms with Crippen LogP contribution in [0.25, 0.3) is 0 Å². The van der Waals surface area contributed by atoms with Crippen molar-refractivity contribution >= 4 is 0 Å². The van der Waals surface area contributed by atoms with Crippen molar-refractivity contribution in [2.45, 2.75) is 32.7 Å². The molecule has 1 atom stereocenters. The minimum Gasteiger partial charge on any atom is -0.507 e. The summed E-state index contributed by atoms with van der Waals surface area (Å²) in [5, 5.41) is 13.4. The second-order valence-electron chi connectivity index (χ2n) is 4.11. The zero-order valence-electron chi connectivity index (χ0n) is 8.80. The lowest BCUT2D eigenvalue weighted by Gasteiger charge is -2.16. The molecule has 0 amide bonds. The lowest BCUT2D eigenvalue weighted by molar-refractivity contribution is 0.452. The summed E-state index contributed by atoms with van der Waals surface area (Å²) in [5.41, 5.74) is 3.26. The molecule has 0 spiro atoms. The number of phenolic OH excluding ortho intramolecular Hbond substituents is 1. The standard InChI is InChI=1S/C12H17NO/c1-8-5-6-9(2)12(14)11(8)10-4-3-7-13-10/h5-6,10,13-14H,3-4,7H2,1-2H3/t10-/m1/s1. The number of aromatic hydroxyl groups is 1. The van der Waals surface area contributed by atoms with Gasteiger partial charge in [-0.15, -0.1) is 0 Å². The van der Waals surface area contributed by atoms with E-state index in [1.54, 1.807) is 0 Å². The first kappa shape index (κ1) is 9.53. The molecule has 0 aromatic heterocycles. The highest BCUT2D eigenvalue weighted by Gasteiger charge is 2.21. The molecule has 1 aliphatic rings. The third-order valence-electron chi connectivity index (χ3n) is 3.05. The fourth-order valence-corrected chi connectivity index (χ4v) is 2.19. The van der Waals surface area contributed by atoms with Crippen molar-refractivity contribution in [1.82, 2.24) is 5.32 Å². The van der Waals surface area contributed by atoms with Crippen molar-refractivity contribution in [3.63, 3.8) is 0 Å². The van der Waals surface area contributed by atoms with Gasteiger partial charge in [-0.2, -0.15) is 0 Å². The van der Waals surface area contributed by atoms with E-state index in [0.29, 0.717) is 11.8 Å². The highest BCUT2D eigenvalue weighted by molar-refractivity contribution is 5.46. The molecule has 1 aromatic carbocycles. The summed E-state index contributed by atoms with van der Waals surface area (Å²) in [7, 11) is 0. The Morgan fingerprint density at radius 1 is 1.29 bits per heavy atom. The summed E-state index contributed by atoms with van der Waals surface area (Å²) in [6.07, 6.45) is 2.34. The molecule has 1 heterocycles. The van der Waals surface area contributed by atoms with Crippen LogP contribution >= 0.6 is 0 Å². The molecule has 2 rings (SSSR count). The van der Waals surface area contributed by atoms with Gasteiger partial charge in [0.25, 0.3) is 0 Å². The minimum atomic E-state index is 0.356. The fraction of sp³-hybridized carbons (Fsp3) is 0.500. The second kappa shape index (κ2) is 3.62. The van der Waals surface area contributed by atoms with Crippen LogP contribution in [0.15, 0.2) is 12.1 Å². The van der Waals surface area contributed by atoms with E-state index >= 15 is 0 Å². The summed E-state index contributed by atoms with van der Waals surface area (Å²) >= 11 is 0. The molecule has 76 valence electrons. The third kappa shape index (κ3) is 1.50. The molecule has 14 heavy (non-hydrogen) atoms. The number of hydrogen-bond acceptors (Lipinski definition) is 2. The van der Waals surface area contributed by atoms with E-state index < -0.39 is 0 Å². The zero-order chi connectivity index (χ0) is 10.1. The van der Waals surface area contributed by atoms with Gasteiger partial charge in [-0.05, 0) is 44.4 Å². The van der Waals surface area contributed by atoms with Crippen LogP contribution in [-0.2, 0) is 0 Å². The van der Waals surface area contributed by atoms with Gasteiger partial charge >= 0.3 is 0 Å². The van der Waals surface area contributed by atoms with E-state index in [1.165, 1.54) is 12.0 Å². The third-order valence-corrected chi connectivity index (χ3v) is 3.05. The number of hydrogen-bond donors (Lipinski definition) is 2. The molecule has 2 heteroatoms. The Balaban J connectivity index is 2.44. The van der Waals surface area contributed by atoms with Gasteiger partial charge in [-0.25, -0.2) is 0 Å². The van der Waals surface area contributed by atoms with Crippen molar-refractivity contribution < 1.29 is 5.11 Å². The molecular weight excluding hydrogens is 174 g/mol. The van der Waals surface area contributed by atoms with E-state index in [2.05, 4.69) is 18.3 Å². The van der Waals surface area contributed by atoms with Crippen LogP contribution < -0.4 is 5.32 Å². The van der Waals surface area contributed by atoms with Crippen molar-refractivity contribution in [2.24, 2.45) is 0 Å². The number of nitrogens with one attached hydrogen (secondary N) is 1. The Morgan fingerprint density at radius 3 is 2.64 bits per heavy atom. The Hall–Kier alpha value is -1.02. The molecule has 2 nitrogen and oxygen atoms in total. The molecule has 0 bridgehead atoms. The minimum absolute atomic E-state index is 0.356. The summed E-state index contributed by atoms with van der Waals surface area (Å²) in [4.78, 5) is 0. The predicted molar refractivity (Wildman–Crippen MR) is 57.6 cm³/mol. The van der Waals surface area contributed by atoms with Gasteiger partial charge in [-0.1, -0.05) is 12.1 Å². The van der Waals surface area contributed by atoms with Crippen molar-refractivity contribution in [1.29, 1.82) is 0 Å². The lowest BCUT2D eigenvalue weighted by atomic mass is 9.96. The maximum absolute atomic E-state index is 10.00. The van der Waals surface area contributed by atoms with Crippen LogP contribution in [0.1, 0.15) is 35.6 Å². The van der Waals surface area contributed by atoms with Crippen molar-refractivity contribution in [3.05, 3.63) is 28.8 Å². The average Bonchev–Trinajstić information content (AvgIpc) is 2.65. The molecule has 2 N–H and O–H groups in total. The molecule has 0 radical (unpaired) electrons. The van der Waals surface area contributed by atoms with Crippen LogP contribution in [0.3, 0.4) is 0 Å². The fourth-order valence-electron chi connectivity index (χ4n) is 2.19. The van der Waals surface area contributed by atoms with E-state index in [4.69, 9.17) is 0 Å². The van der Waals surface area contributed by atoms with Gasteiger partial charge in [0.1, 0.15) is 5.75 Å². The van der Waals surface area contributed by atoms with Crippen LogP contribution in [0.2, 0.25) is 0 Å². The maximum atomic E-state index is 10.00. The Bertz CT molecular complexity index is 340. The monoisotopic (exact) mass is 191 g/mol. The van der Waals surface area contributed by atoms with E-state index in [-0.39, 0.29) is 0 Å². The maximum Gasteiger partial charge on any atom is 0.123 e. The summed E-state index contributed by atoms with van der Waals surface area (Å²) < 4.78 is 0. The number of aryl methyl sites for hydroxylation is 2. The predicted octanol–water partition coefficient (Wildman–Crippen LogP) is 2.43. The Morgan fingerprint density at radius 2 is 2.00 bits per heavy atom. The molecular formula is C12H17NO. The number of rotatable bonds is 1. The topological polar surface area (TPSA) is 32.3 Å². The number of benzene rings is 1. The van der Waals surface area contributed by atoms with Crippen LogP contribution in [0, 0.1) is 13.8 Å². The van der Waals surface area contributed by atoms with Crippen molar-refractivity contribution in [3.8, 4) is 5.75 Å². The van der Waals surface area contributed by atoms with Gasteiger partial charge in [-0.3, -0.25) is 0 Å². The van der Waals surface area contributed by atoms with Crippen LogP contribution in [0.5, 0.6) is 5.75 Å². The number of phenols is 1. The van der Waals surface area contributed by atoms with Gasteiger partial charge in [0.2, 0.25) is 0 Å². The summed E-state index contributed by atoms with van der Waals surface area (Å²) in [6, 6.07) is 4.42. The highest BCUT2D eigenvalue weighted by atomic mass is 16.3. The molecule has 0 aliphatic carbocycles. The van der Waals surface area contributed by atoms with Gasteiger partial charge < -0.3 is 10.4 Å². The van der Waals surface area contributed by atoms with E-state index in [1.807, 2.05) is 13.0 Å². The van der Waals surface area contributed by atoms with Gasteiger partial charge in [0.05, 0.1) is 0 Å². The largest absolute Gasteiger partial charge is 0.507 e. The highest BCUT2D eigenvalue weighted by Crippen LogP contribution is 2.34. The molecule has 1 aromatic rings. The summed E-state index contributed by atoms with van der Waals surface area (Å²) in [5.74, 6) is 0.476. The normalized spacial score (nSPS) is 21.4. The van der Waals surface area contributed by atoms with Gasteiger partial charge in [0, 0.05) is 11.6 Å². The van der Waals surface area contributed by atoms with Crippen LogP contribution in [0.4, 0.5) is 0 Å². The molecule has 0 saturated carbocycles. The zero-order valence-corrected chi connectivity index (χ0v) is 8.80. The van der Waals surface area contributed by atoms with Crippen molar-refractivity contribution in [2.75, 3.05) is 6.54 Å². The quantitative estimate of drug-likeness (QED) is 0.714. The summed E-state index contributed by atoms with van der Waals surface area (Å²) in [6.45, 7) is 5.08. The molecule has 0 unspecified atom stereocenters. The first-order valence-corrected chi connectivity index (χ1v) is 5.22. The SMILES string of the molecule is Cc1ccc(C)c([C@H]2CCCN2)c1O.